The number of hydrogen-bond donors (Lipinski definition) is 0. The van der Waals surface area contributed by atoms with Crippen molar-refractivity contribution in [3.05, 3.63) is 39.8 Å². The van der Waals surface area contributed by atoms with Gasteiger partial charge in [-0.05, 0) is 23.6 Å². The molecular weight excluding hydrogens is 291 g/mol. The van der Waals surface area contributed by atoms with Crippen LogP contribution in [0.15, 0.2) is 34.8 Å². The summed E-state index contributed by atoms with van der Waals surface area (Å²) in [5, 5.41) is 2.32. The minimum Gasteiger partial charge on any atom is -0.425 e. The Morgan fingerprint density at radius 2 is 2.06 bits per heavy atom. The molecule has 2 nitrogen and oxygen atoms in total. The molecule has 2 aromatic carbocycles. The minimum absolute atomic E-state index is 0.377. The van der Waals surface area contributed by atoms with Crippen LogP contribution in [0.2, 0.25) is 5.02 Å². The molecule has 0 unspecified atom stereocenters. The SMILES string of the molecule is CC(=O)Oc1ccc2cc(Br)ccc2c1Cl. The first-order chi connectivity index (χ1) is 7.58. The van der Waals surface area contributed by atoms with Crippen LogP contribution in [0.25, 0.3) is 10.8 Å². The Bertz CT molecular complexity index is 566. The topological polar surface area (TPSA) is 26.3 Å². The summed E-state index contributed by atoms with van der Waals surface area (Å²) in [5.74, 6) is 0.0161. The molecule has 0 saturated carbocycles. The maximum Gasteiger partial charge on any atom is 0.308 e. The summed E-state index contributed by atoms with van der Waals surface area (Å²) < 4.78 is 5.98. The molecule has 16 heavy (non-hydrogen) atoms. The fourth-order valence-corrected chi connectivity index (χ4v) is 2.13. The van der Waals surface area contributed by atoms with E-state index in [1.165, 1.54) is 6.92 Å². The van der Waals surface area contributed by atoms with E-state index in [2.05, 4.69) is 15.9 Å². The highest BCUT2D eigenvalue weighted by atomic mass is 79.9. The van der Waals surface area contributed by atoms with Crippen molar-refractivity contribution < 1.29 is 9.53 Å². The second-order valence-corrected chi connectivity index (χ2v) is 4.63. The molecule has 0 N–H and O–H groups in total. The molecule has 0 atom stereocenters. The first-order valence-corrected chi connectivity index (χ1v) is 5.81. The third-order valence-corrected chi connectivity index (χ3v) is 3.02. The van der Waals surface area contributed by atoms with Gasteiger partial charge in [-0.3, -0.25) is 4.79 Å². The van der Waals surface area contributed by atoms with Crippen molar-refractivity contribution >= 4 is 44.3 Å². The van der Waals surface area contributed by atoms with E-state index in [0.717, 1.165) is 15.2 Å². The Kier molecular flexibility index (Phi) is 3.17. The van der Waals surface area contributed by atoms with Crippen LogP contribution in [-0.4, -0.2) is 5.97 Å². The molecule has 0 aromatic heterocycles. The number of esters is 1. The molecule has 0 bridgehead atoms. The van der Waals surface area contributed by atoms with Gasteiger partial charge in [-0.1, -0.05) is 39.7 Å². The second kappa shape index (κ2) is 4.44. The quantitative estimate of drug-likeness (QED) is 0.583. The van der Waals surface area contributed by atoms with Gasteiger partial charge in [0.2, 0.25) is 0 Å². The number of rotatable bonds is 1. The van der Waals surface area contributed by atoms with Gasteiger partial charge in [0, 0.05) is 16.8 Å². The van der Waals surface area contributed by atoms with Gasteiger partial charge in [-0.25, -0.2) is 0 Å². The molecule has 0 saturated heterocycles. The average Bonchev–Trinajstić information content (AvgIpc) is 2.22. The van der Waals surface area contributed by atoms with Gasteiger partial charge in [0.05, 0.1) is 5.02 Å². The fourth-order valence-electron chi connectivity index (χ4n) is 1.48. The maximum atomic E-state index is 10.9. The lowest BCUT2D eigenvalue weighted by Gasteiger charge is -2.07. The zero-order valence-electron chi connectivity index (χ0n) is 8.46. The molecule has 2 aromatic rings. The number of benzene rings is 2. The normalized spacial score (nSPS) is 10.4. The van der Waals surface area contributed by atoms with Crippen LogP contribution >= 0.6 is 27.5 Å². The van der Waals surface area contributed by atoms with Crippen molar-refractivity contribution in [2.24, 2.45) is 0 Å². The number of carbonyl (C=O) groups is 1. The van der Waals surface area contributed by atoms with Gasteiger partial charge in [0.25, 0.3) is 0 Å². The Balaban J connectivity index is 2.60. The first kappa shape index (κ1) is 11.4. The molecule has 0 fully saturated rings. The van der Waals surface area contributed by atoms with Crippen LogP contribution in [0.3, 0.4) is 0 Å². The lowest BCUT2D eigenvalue weighted by molar-refractivity contribution is -0.131. The van der Waals surface area contributed by atoms with E-state index in [9.17, 15) is 4.79 Å². The van der Waals surface area contributed by atoms with Crippen molar-refractivity contribution in [1.82, 2.24) is 0 Å². The summed E-state index contributed by atoms with van der Waals surface area (Å²) in [7, 11) is 0. The highest BCUT2D eigenvalue weighted by molar-refractivity contribution is 9.10. The largest absolute Gasteiger partial charge is 0.425 e. The molecule has 0 radical (unpaired) electrons. The van der Waals surface area contributed by atoms with E-state index in [0.29, 0.717) is 10.8 Å². The molecule has 0 amide bonds. The molecule has 0 aliphatic carbocycles. The predicted molar refractivity (Wildman–Crippen MR) is 68.0 cm³/mol. The highest BCUT2D eigenvalue weighted by Gasteiger charge is 2.08. The number of ether oxygens (including phenoxy) is 1. The molecule has 82 valence electrons. The number of fused-ring (bicyclic) bond motifs is 1. The summed E-state index contributed by atoms with van der Waals surface area (Å²) in [4.78, 5) is 10.9. The molecular formula is C12H8BrClO2. The maximum absolute atomic E-state index is 10.9. The molecule has 0 aliphatic rings. The smallest absolute Gasteiger partial charge is 0.308 e. The van der Waals surface area contributed by atoms with Crippen LogP contribution in [-0.2, 0) is 4.79 Å². The van der Waals surface area contributed by atoms with Gasteiger partial charge < -0.3 is 4.74 Å². The van der Waals surface area contributed by atoms with E-state index in [-0.39, 0.29) is 5.97 Å². The van der Waals surface area contributed by atoms with Crippen molar-refractivity contribution in [2.45, 2.75) is 6.92 Å². The van der Waals surface area contributed by atoms with Crippen molar-refractivity contribution in [1.29, 1.82) is 0 Å². The van der Waals surface area contributed by atoms with Gasteiger partial charge >= 0.3 is 5.97 Å². The Morgan fingerprint density at radius 1 is 1.31 bits per heavy atom. The molecule has 0 spiro atoms. The van der Waals surface area contributed by atoms with Crippen molar-refractivity contribution in [2.75, 3.05) is 0 Å². The summed E-state index contributed by atoms with van der Waals surface area (Å²) in [6.45, 7) is 1.35. The lowest BCUT2D eigenvalue weighted by atomic mass is 10.1. The standard InChI is InChI=1S/C12H8BrClO2/c1-7(15)16-11-5-2-8-6-9(13)3-4-10(8)12(11)14/h2-6H,1H3. The van der Waals surface area contributed by atoms with Gasteiger partial charge in [-0.15, -0.1) is 0 Å². The monoisotopic (exact) mass is 298 g/mol. The number of hydrogen-bond acceptors (Lipinski definition) is 2. The second-order valence-electron chi connectivity index (χ2n) is 3.34. The molecule has 0 heterocycles. The Hall–Kier alpha value is -1.06. The van der Waals surface area contributed by atoms with Crippen molar-refractivity contribution in [3.8, 4) is 5.75 Å². The van der Waals surface area contributed by atoms with Gasteiger partial charge in [0.1, 0.15) is 5.75 Å². The molecule has 0 aliphatic heterocycles. The van der Waals surface area contributed by atoms with Crippen LogP contribution in [0, 0.1) is 0 Å². The van der Waals surface area contributed by atoms with E-state index >= 15 is 0 Å². The van der Waals surface area contributed by atoms with Crippen LogP contribution in [0.1, 0.15) is 6.92 Å². The molecule has 4 heteroatoms. The van der Waals surface area contributed by atoms with Gasteiger partial charge in [-0.2, -0.15) is 0 Å². The van der Waals surface area contributed by atoms with Crippen molar-refractivity contribution in [3.63, 3.8) is 0 Å². The number of halogens is 2. The Labute approximate surface area is 106 Å². The summed E-state index contributed by atoms with van der Waals surface area (Å²) in [5.41, 5.74) is 0. The van der Waals surface area contributed by atoms with Crippen LogP contribution in [0.4, 0.5) is 0 Å². The zero-order chi connectivity index (χ0) is 11.7. The van der Waals surface area contributed by atoms with Gasteiger partial charge in [0.15, 0.2) is 0 Å². The average molecular weight is 300 g/mol. The predicted octanol–water partition coefficient (Wildman–Crippen LogP) is 4.18. The van der Waals surface area contributed by atoms with E-state index in [4.69, 9.17) is 16.3 Å². The first-order valence-electron chi connectivity index (χ1n) is 4.64. The lowest BCUT2D eigenvalue weighted by Crippen LogP contribution is -2.01. The zero-order valence-corrected chi connectivity index (χ0v) is 10.8. The minimum atomic E-state index is -0.377. The summed E-state index contributed by atoms with van der Waals surface area (Å²) in [6.07, 6.45) is 0. The fraction of sp³-hybridized carbons (Fsp3) is 0.0833. The third-order valence-electron chi connectivity index (χ3n) is 2.13. The third kappa shape index (κ3) is 2.20. The van der Waals surface area contributed by atoms with Crippen LogP contribution < -0.4 is 4.74 Å². The summed E-state index contributed by atoms with van der Waals surface area (Å²) >= 11 is 9.53. The van der Waals surface area contributed by atoms with Crippen LogP contribution in [0.5, 0.6) is 5.75 Å². The Morgan fingerprint density at radius 3 is 2.75 bits per heavy atom. The van der Waals surface area contributed by atoms with E-state index in [1.54, 1.807) is 6.07 Å². The number of carbonyl (C=O) groups excluding carboxylic acids is 1. The highest BCUT2D eigenvalue weighted by Crippen LogP contribution is 2.34. The van der Waals surface area contributed by atoms with E-state index < -0.39 is 0 Å². The van der Waals surface area contributed by atoms with E-state index in [1.807, 2.05) is 24.3 Å². The summed E-state index contributed by atoms with van der Waals surface area (Å²) in [6, 6.07) is 9.29. The molecule has 2 rings (SSSR count).